The first kappa shape index (κ1) is 9.01. The number of nitrogens with two attached hydrogens (primary N) is 1. The topological polar surface area (TPSA) is 50.9 Å². The Bertz CT molecular complexity index is 364. The summed E-state index contributed by atoms with van der Waals surface area (Å²) in [6.07, 6.45) is 5.57. The standard InChI is InChI=1S/C12H17N3/c13-11-2-1-3-12(15-11)14-10-7-8-4-5-9(10)6-8/h1-3,8-10H,4-7H2,(H3,13,14,15). The fraction of sp³-hybridized carbons (Fsp3) is 0.583. The highest BCUT2D eigenvalue weighted by Crippen LogP contribution is 2.45. The van der Waals surface area contributed by atoms with E-state index >= 15 is 0 Å². The quantitative estimate of drug-likeness (QED) is 0.775. The van der Waals surface area contributed by atoms with Crippen LogP contribution in [-0.2, 0) is 0 Å². The van der Waals surface area contributed by atoms with Crippen LogP contribution in [0.2, 0.25) is 0 Å². The molecule has 15 heavy (non-hydrogen) atoms. The van der Waals surface area contributed by atoms with Crippen molar-refractivity contribution < 1.29 is 0 Å². The molecule has 0 aliphatic heterocycles. The van der Waals surface area contributed by atoms with Crippen LogP contribution < -0.4 is 11.1 Å². The summed E-state index contributed by atoms with van der Waals surface area (Å²) in [5.41, 5.74) is 5.66. The first-order valence-corrected chi connectivity index (χ1v) is 5.80. The van der Waals surface area contributed by atoms with Gasteiger partial charge in [0.15, 0.2) is 0 Å². The van der Waals surface area contributed by atoms with E-state index in [0.29, 0.717) is 11.9 Å². The summed E-state index contributed by atoms with van der Waals surface area (Å²) in [5, 5.41) is 3.52. The van der Waals surface area contributed by atoms with Gasteiger partial charge in [-0.25, -0.2) is 4.98 Å². The van der Waals surface area contributed by atoms with E-state index in [2.05, 4.69) is 10.3 Å². The number of pyridine rings is 1. The normalized spacial score (nSPS) is 33.2. The zero-order chi connectivity index (χ0) is 10.3. The molecule has 0 spiro atoms. The number of fused-ring (bicyclic) bond motifs is 2. The predicted octanol–water partition coefficient (Wildman–Crippen LogP) is 2.26. The van der Waals surface area contributed by atoms with Crippen LogP contribution in [0.25, 0.3) is 0 Å². The van der Waals surface area contributed by atoms with E-state index in [0.717, 1.165) is 17.7 Å². The molecule has 1 heterocycles. The molecule has 2 fully saturated rings. The fourth-order valence-electron chi connectivity index (χ4n) is 3.14. The van der Waals surface area contributed by atoms with Gasteiger partial charge in [-0.3, -0.25) is 0 Å². The molecule has 3 nitrogen and oxygen atoms in total. The third-order valence-electron chi connectivity index (χ3n) is 3.84. The van der Waals surface area contributed by atoms with Crippen molar-refractivity contribution >= 4 is 11.6 Å². The van der Waals surface area contributed by atoms with Gasteiger partial charge < -0.3 is 11.1 Å². The van der Waals surface area contributed by atoms with Crippen LogP contribution in [0.1, 0.15) is 25.7 Å². The van der Waals surface area contributed by atoms with Gasteiger partial charge in [-0.05, 0) is 43.2 Å². The minimum atomic E-state index is 0.600. The highest BCUT2D eigenvalue weighted by molar-refractivity contribution is 5.43. The summed E-state index contributed by atoms with van der Waals surface area (Å²) >= 11 is 0. The van der Waals surface area contributed by atoms with Gasteiger partial charge in [-0.15, -0.1) is 0 Å². The average Bonchev–Trinajstić information content (AvgIpc) is 2.79. The highest BCUT2D eigenvalue weighted by atomic mass is 15.0. The van der Waals surface area contributed by atoms with E-state index in [1.165, 1.54) is 25.7 Å². The van der Waals surface area contributed by atoms with Gasteiger partial charge in [0.25, 0.3) is 0 Å². The van der Waals surface area contributed by atoms with Crippen molar-refractivity contribution in [1.29, 1.82) is 0 Å². The largest absolute Gasteiger partial charge is 0.384 e. The van der Waals surface area contributed by atoms with Crippen molar-refractivity contribution in [2.24, 2.45) is 11.8 Å². The number of hydrogen-bond acceptors (Lipinski definition) is 3. The number of nitrogens with one attached hydrogen (secondary N) is 1. The van der Waals surface area contributed by atoms with Gasteiger partial charge in [0.05, 0.1) is 0 Å². The summed E-state index contributed by atoms with van der Waals surface area (Å²) < 4.78 is 0. The van der Waals surface area contributed by atoms with Gasteiger partial charge in [0.2, 0.25) is 0 Å². The molecular weight excluding hydrogens is 186 g/mol. The lowest BCUT2D eigenvalue weighted by Crippen LogP contribution is -2.26. The molecule has 2 aliphatic carbocycles. The van der Waals surface area contributed by atoms with Crippen LogP contribution in [0.15, 0.2) is 18.2 Å². The molecular formula is C12H17N3. The molecule has 3 unspecified atom stereocenters. The van der Waals surface area contributed by atoms with Gasteiger partial charge in [-0.1, -0.05) is 12.5 Å². The molecule has 2 saturated carbocycles. The monoisotopic (exact) mass is 203 g/mol. The van der Waals surface area contributed by atoms with Crippen molar-refractivity contribution in [2.45, 2.75) is 31.7 Å². The van der Waals surface area contributed by atoms with Gasteiger partial charge in [0.1, 0.15) is 11.6 Å². The number of nitrogen functional groups attached to an aromatic ring is 1. The third kappa shape index (κ3) is 1.66. The molecule has 0 radical (unpaired) electrons. The summed E-state index contributed by atoms with van der Waals surface area (Å²) in [4.78, 5) is 4.29. The average molecular weight is 203 g/mol. The Morgan fingerprint density at radius 1 is 1.27 bits per heavy atom. The van der Waals surface area contributed by atoms with E-state index in [9.17, 15) is 0 Å². The molecule has 3 N–H and O–H groups in total. The Hall–Kier alpha value is -1.25. The molecule has 2 bridgehead atoms. The molecule has 2 aliphatic rings. The van der Waals surface area contributed by atoms with Crippen LogP contribution in [0.3, 0.4) is 0 Å². The fourth-order valence-corrected chi connectivity index (χ4v) is 3.14. The maximum atomic E-state index is 5.66. The van der Waals surface area contributed by atoms with Crippen molar-refractivity contribution in [2.75, 3.05) is 11.1 Å². The number of anilines is 2. The molecule has 0 saturated heterocycles. The van der Waals surface area contributed by atoms with E-state index in [1.54, 1.807) is 0 Å². The number of aromatic nitrogens is 1. The predicted molar refractivity (Wildman–Crippen MR) is 61.5 cm³/mol. The summed E-state index contributed by atoms with van der Waals surface area (Å²) in [7, 11) is 0. The molecule has 0 amide bonds. The lowest BCUT2D eigenvalue weighted by Gasteiger charge is -2.23. The zero-order valence-electron chi connectivity index (χ0n) is 8.82. The van der Waals surface area contributed by atoms with E-state index in [4.69, 9.17) is 5.73 Å². The third-order valence-corrected chi connectivity index (χ3v) is 3.84. The van der Waals surface area contributed by atoms with E-state index < -0.39 is 0 Å². The van der Waals surface area contributed by atoms with Crippen LogP contribution in [0.5, 0.6) is 0 Å². The molecule has 80 valence electrons. The molecule has 1 aromatic rings. The molecule has 3 heteroatoms. The maximum absolute atomic E-state index is 5.66. The molecule has 3 rings (SSSR count). The Balaban J connectivity index is 1.71. The van der Waals surface area contributed by atoms with E-state index in [-0.39, 0.29) is 0 Å². The first-order valence-electron chi connectivity index (χ1n) is 5.80. The SMILES string of the molecule is Nc1cccc(NC2CC3CCC2C3)n1. The summed E-state index contributed by atoms with van der Waals surface area (Å²) in [6, 6.07) is 6.42. The van der Waals surface area contributed by atoms with E-state index in [1.807, 2.05) is 18.2 Å². The summed E-state index contributed by atoms with van der Waals surface area (Å²) in [6.45, 7) is 0. The van der Waals surface area contributed by atoms with Gasteiger partial charge in [-0.2, -0.15) is 0 Å². The molecule has 1 aromatic heterocycles. The Labute approximate surface area is 90.1 Å². The smallest absolute Gasteiger partial charge is 0.128 e. The van der Waals surface area contributed by atoms with Crippen LogP contribution in [-0.4, -0.2) is 11.0 Å². The second-order valence-corrected chi connectivity index (χ2v) is 4.87. The lowest BCUT2D eigenvalue weighted by atomic mass is 9.95. The molecule has 3 atom stereocenters. The highest BCUT2D eigenvalue weighted by Gasteiger charge is 2.39. The minimum Gasteiger partial charge on any atom is -0.384 e. The second-order valence-electron chi connectivity index (χ2n) is 4.87. The van der Waals surface area contributed by atoms with Crippen LogP contribution in [0.4, 0.5) is 11.6 Å². The number of rotatable bonds is 2. The lowest BCUT2D eigenvalue weighted by molar-refractivity contribution is 0.439. The number of nitrogens with zero attached hydrogens (tertiary/aromatic N) is 1. The van der Waals surface area contributed by atoms with Crippen molar-refractivity contribution in [1.82, 2.24) is 4.98 Å². The minimum absolute atomic E-state index is 0.600. The Morgan fingerprint density at radius 2 is 2.20 bits per heavy atom. The molecule has 0 aromatic carbocycles. The number of hydrogen-bond donors (Lipinski definition) is 2. The zero-order valence-corrected chi connectivity index (χ0v) is 8.82. The first-order chi connectivity index (χ1) is 7.31. The van der Waals surface area contributed by atoms with Crippen molar-refractivity contribution in [3.8, 4) is 0 Å². The van der Waals surface area contributed by atoms with Crippen molar-refractivity contribution in [3.05, 3.63) is 18.2 Å². The van der Waals surface area contributed by atoms with Crippen molar-refractivity contribution in [3.63, 3.8) is 0 Å². The summed E-state index contributed by atoms with van der Waals surface area (Å²) in [5.74, 6) is 3.38. The van der Waals surface area contributed by atoms with Gasteiger partial charge >= 0.3 is 0 Å². The Kier molecular flexibility index (Phi) is 2.04. The Morgan fingerprint density at radius 3 is 2.87 bits per heavy atom. The van der Waals surface area contributed by atoms with Crippen LogP contribution >= 0.6 is 0 Å². The second kappa shape index (κ2) is 3.40. The maximum Gasteiger partial charge on any atom is 0.128 e. The van der Waals surface area contributed by atoms with Crippen LogP contribution in [0, 0.1) is 11.8 Å². The van der Waals surface area contributed by atoms with Gasteiger partial charge in [0, 0.05) is 6.04 Å².